The first-order chi connectivity index (χ1) is 8.58. The number of hydrazine groups is 1. The first-order valence-corrected chi connectivity index (χ1v) is 5.53. The molecule has 0 aromatic carbocycles. The number of ether oxygens (including phenoxy) is 1. The normalized spacial score (nSPS) is 13.8. The number of aromatic nitrogens is 1. The van der Waals surface area contributed by atoms with Crippen LogP contribution in [0.15, 0.2) is 18.2 Å². The lowest BCUT2D eigenvalue weighted by Crippen LogP contribution is -2.24. The minimum atomic E-state index is -1.28. The van der Waals surface area contributed by atoms with Crippen molar-refractivity contribution < 1.29 is 19.7 Å². The number of hydrogen-bond acceptors (Lipinski definition) is 7. The molecule has 2 unspecified atom stereocenters. The number of nitrogen functional groups attached to an aromatic ring is 1. The molecule has 18 heavy (non-hydrogen) atoms. The molecule has 7 nitrogen and oxygen atoms in total. The van der Waals surface area contributed by atoms with Gasteiger partial charge in [-0.15, -0.1) is 0 Å². The standard InChI is InChI=1S/C11H17N3O4/c1-2-18-10(16)6-8(15)11(17)7-4-3-5-9(13-7)14-12/h3-5,8,11,15,17H,2,6,12H2,1H3,(H,13,14). The highest BCUT2D eigenvalue weighted by molar-refractivity contribution is 5.70. The molecular formula is C11H17N3O4. The first kappa shape index (κ1) is 14.4. The molecule has 0 fully saturated rings. The van der Waals surface area contributed by atoms with E-state index in [0.29, 0.717) is 5.82 Å². The van der Waals surface area contributed by atoms with Gasteiger partial charge in [-0.25, -0.2) is 10.8 Å². The zero-order valence-corrected chi connectivity index (χ0v) is 10.0. The number of aliphatic hydroxyl groups excluding tert-OH is 2. The molecule has 0 amide bonds. The molecule has 100 valence electrons. The highest BCUT2D eigenvalue weighted by Gasteiger charge is 2.23. The predicted molar refractivity (Wildman–Crippen MR) is 64.3 cm³/mol. The van der Waals surface area contributed by atoms with E-state index in [1.165, 1.54) is 6.07 Å². The zero-order valence-electron chi connectivity index (χ0n) is 10.0. The van der Waals surface area contributed by atoms with Crippen LogP contribution < -0.4 is 11.3 Å². The minimum absolute atomic E-state index is 0.224. The summed E-state index contributed by atoms with van der Waals surface area (Å²) in [6.45, 7) is 1.89. The second-order valence-electron chi connectivity index (χ2n) is 3.61. The molecule has 0 saturated heterocycles. The molecule has 5 N–H and O–H groups in total. The van der Waals surface area contributed by atoms with Gasteiger partial charge in [0.1, 0.15) is 11.9 Å². The monoisotopic (exact) mass is 255 g/mol. The maximum absolute atomic E-state index is 11.2. The van der Waals surface area contributed by atoms with Gasteiger partial charge in [0.2, 0.25) is 0 Å². The number of carbonyl (C=O) groups excluding carboxylic acids is 1. The number of nitrogens with two attached hydrogens (primary N) is 1. The Morgan fingerprint density at radius 1 is 1.56 bits per heavy atom. The predicted octanol–water partition coefficient (Wildman–Crippen LogP) is -0.285. The van der Waals surface area contributed by atoms with Crippen LogP contribution in [0.1, 0.15) is 25.1 Å². The van der Waals surface area contributed by atoms with Gasteiger partial charge < -0.3 is 20.4 Å². The van der Waals surface area contributed by atoms with Crippen LogP contribution in [0.5, 0.6) is 0 Å². The maximum atomic E-state index is 11.2. The van der Waals surface area contributed by atoms with E-state index in [1.807, 2.05) is 0 Å². The van der Waals surface area contributed by atoms with Gasteiger partial charge in [-0.05, 0) is 19.1 Å². The quantitative estimate of drug-likeness (QED) is 0.313. The molecule has 0 spiro atoms. The average molecular weight is 255 g/mol. The summed E-state index contributed by atoms with van der Waals surface area (Å²) in [4.78, 5) is 15.1. The van der Waals surface area contributed by atoms with Crippen molar-refractivity contribution in [3.05, 3.63) is 23.9 Å². The third-order valence-corrected chi connectivity index (χ3v) is 2.27. The van der Waals surface area contributed by atoms with E-state index in [1.54, 1.807) is 19.1 Å². The minimum Gasteiger partial charge on any atom is -0.466 e. The van der Waals surface area contributed by atoms with Gasteiger partial charge in [0.25, 0.3) is 0 Å². The molecule has 0 bridgehead atoms. The van der Waals surface area contributed by atoms with Crippen molar-refractivity contribution in [2.75, 3.05) is 12.0 Å². The van der Waals surface area contributed by atoms with Gasteiger partial charge in [-0.2, -0.15) is 0 Å². The Morgan fingerprint density at radius 3 is 2.89 bits per heavy atom. The van der Waals surface area contributed by atoms with Gasteiger partial charge in [-0.1, -0.05) is 6.07 Å². The Balaban J connectivity index is 2.67. The Labute approximate surface area is 105 Å². The van der Waals surface area contributed by atoms with Crippen LogP contribution in [0.2, 0.25) is 0 Å². The largest absolute Gasteiger partial charge is 0.466 e. The number of esters is 1. The van der Waals surface area contributed by atoms with Crippen LogP contribution in [-0.4, -0.2) is 33.9 Å². The maximum Gasteiger partial charge on any atom is 0.308 e. The van der Waals surface area contributed by atoms with E-state index in [2.05, 4.69) is 15.1 Å². The molecule has 1 heterocycles. The number of aliphatic hydroxyl groups is 2. The number of hydrogen-bond donors (Lipinski definition) is 4. The molecule has 1 rings (SSSR count). The fourth-order valence-corrected chi connectivity index (χ4v) is 1.40. The third kappa shape index (κ3) is 3.95. The highest BCUT2D eigenvalue weighted by atomic mass is 16.5. The second kappa shape index (κ2) is 6.90. The number of anilines is 1. The smallest absolute Gasteiger partial charge is 0.308 e. The lowest BCUT2D eigenvalue weighted by atomic mass is 10.1. The molecule has 0 aliphatic carbocycles. The molecule has 1 aromatic rings. The van der Waals surface area contributed by atoms with Gasteiger partial charge in [-0.3, -0.25) is 4.79 Å². The molecule has 7 heteroatoms. The summed E-state index contributed by atoms with van der Waals surface area (Å²) in [6, 6.07) is 4.76. The fourth-order valence-electron chi connectivity index (χ4n) is 1.40. The second-order valence-corrected chi connectivity index (χ2v) is 3.61. The van der Waals surface area contributed by atoms with E-state index in [9.17, 15) is 15.0 Å². The van der Waals surface area contributed by atoms with Crippen molar-refractivity contribution in [2.45, 2.75) is 25.6 Å². The van der Waals surface area contributed by atoms with Crippen molar-refractivity contribution in [3.8, 4) is 0 Å². The fraction of sp³-hybridized carbons (Fsp3) is 0.455. The van der Waals surface area contributed by atoms with E-state index in [4.69, 9.17) is 5.84 Å². The molecule has 0 aliphatic heterocycles. The highest BCUT2D eigenvalue weighted by Crippen LogP contribution is 2.18. The van der Waals surface area contributed by atoms with Crippen LogP contribution in [0, 0.1) is 0 Å². The zero-order chi connectivity index (χ0) is 13.5. The first-order valence-electron chi connectivity index (χ1n) is 5.53. The Bertz CT molecular complexity index is 400. The molecule has 0 saturated carbocycles. The van der Waals surface area contributed by atoms with Crippen molar-refractivity contribution in [1.29, 1.82) is 0 Å². The molecule has 0 radical (unpaired) electrons. The molecule has 0 aliphatic rings. The summed E-state index contributed by atoms with van der Waals surface area (Å²) in [5.74, 6) is 4.97. The summed E-state index contributed by atoms with van der Waals surface area (Å²) >= 11 is 0. The number of carbonyl (C=O) groups is 1. The van der Waals surface area contributed by atoms with Crippen molar-refractivity contribution in [2.24, 2.45) is 5.84 Å². The average Bonchev–Trinajstić information content (AvgIpc) is 2.38. The molecule has 1 aromatic heterocycles. The van der Waals surface area contributed by atoms with Crippen LogP contribution >= 0.6 is 0 Å². The van der Waals surface area contributed by atoms with Gasteiger partial charge >= 0.3 is 5.97 Å². The van der Waals surface area contributed by atoms with Gasteiger partial charge in [0.15, 0.2) is 0 Å². The summed E-state index contributed by atoms with van der Waals surface area (Å²) in [5, 5.41) is 19.5. The summed E-state index contributed by atoms with van der Waals surface area (Å²) in [7, 11) is 0. The SMILES string of the molecule is CCOC(=O)CC(O)C(O)c1cccc(NN)n1. The Kier molecular flexibility index (Phi) is 5.50. The summed E-state index contributed by atoms with van der Waals surface area (Å²) in [6.07, 6.45) is -2.84. The van der Waals surface area contributed by atoms with E-state index < -0.39 is 18.2 Å². The lowest BCUT2D eigenvalue weighted by Gasteiger charge is -2.17. The summed E-state index contributed by atoms with van der Waals surface area (Å²) < 4.78 is 4.68. The van der Waals surface area contributed by atoms with E-state index in [0.717, 1.165) is 0 Å². The third-order valence-electron chi connectivity index (χ3n) is 2.27. The van der Waals surface area contributed by atoms with Gasteiger partial charge in [0.05, 0.1) is 24.8 Å². The number of nitrogens with zero attached hydrogens (tertiary/aromatic N) is 1. The Hall–Kier alpha value is -1.70. The van der Waals surface area contributed by atoms with Crippen LogP contribution in [0.25, 0.3) is 0 Å². The van der Waals surface area contributed by atoms with Crippen LogP contribution in [0.3, 0.4) is 0 Å². The molecular weight excluding hydrogens is 238 g/mol. The number of nitrogens with one attached hydrogen (secondary N) is 1. The number of pyridine rings is 1. The van der Waals surface area contributed by atoms with Crippen LogP contribution in [-0.2, 0) is 9.53 Å². The van der Waals surface area contributed by atoms with E-state index in [-0.39, 0.29) is 18.7 Å². The van der Waals surface area contributed by atoms with Gasteiger partial charge in [0, 0.05) is 0 Å². The molecule has 2 atom stereocenters. The topological polar surface area (TPSA) is 118 Å². The van der Waals surface area contributed by atoms with Crippen molar-refractivity contribution in [3.63, 3.8) is 0 Å². The van der Waals surface area contributed by atoms with E-state index >= 15 is 0 Å². The Morgan fingerprint density at radius 2 is 2.28 bits per heavy atom. The summed E-state index contributed by atoms with van der Waals surface area (Å²) in [5.41, 5.74) is 2.55. The van der Waals surface area contributed by atoms with Crippen LogP contribution in [0.4, 0.5) is 5.82 Å². The van der Waals surface area contributed by atoms with Crippen molar-refractivity contribution >= 4 is 11.8 Å². The lowest BCUT2D eigenvalue weighted by molar-refractivity contribution is -0.147. The van der Waals surface area contributed by atoms with Crippen molar-refractivity contribution in [1.82, 2.24) is 4.98 Å². The number of rotatable bonds is 6.